The molecular weight excluding hydrogens is 280 g/mol. The van der Waals surface area contributed by atoms with Crippen molar-refractivity contribution in [3.63, 3.8) is 0 Å². The van der Waals surface area contributed by atoms with E-state index in [1.165, 1.54) is 11.8 Å². The summed E-state index contributed by atoms with van der Waals surface area (Å²) in [5, 5.41) is 1.26. The quantitative estimate of drug-likeness (QED) is 0.476. The van der Waals surface area contributed by atoms with Gasteiger partial charge in [-0.1, -0.05) is 23.4 Å². The van der Waals surface area contributed by atoms with Crippen LogP contribution in [0.25, 0.3) is 0 Å². The maximum Gasteiger partial charge on any atom is 0.190 e. The summed E-state index contributed by atoms with van der Waals surface area (Å²) in [6.07, 6.45) is 1.97. The van der Waals surface area contributed by atoms with Crippen LogP contribution in [-0.4, -0.2) is 52.8 Å². The number of thioether (sulfide) groups is 1. The second-order valence-corrected chi connectivity index (χ2v) is 6.84. The van der Waals surface area contributed by atoms with Crippen LogP contribution in [0.1, 0.15) is 20.8 Å². The molecular formula is C13H21ClN4S. The Kier molecular flexibility index (Phi) is 4.58. The van der Waals surface area contributed by atoms with Crippen LogP contribution in [0.3, 0.4) is 0 Å². The van der Waals surface area contributed by atoms with Crippen molar-refractivity contribution < 1.29 is 0 Å². The number of hydrogen-bond acceptors (Lipinski definition) is 5. The van der Waals surface area contributed by atoms with E-state index in [0.717, 1.165) is 37.2 Å². The molecule has 0 unspecified atom stereocenters. The van der Waals surface area contributed by atoms with Crippen LogP contribution in [0, 0.1) is 0 Å². The molecule has 0 atom stereocenters. The Labute approximate surface area is 124 Å². The van der Waals surface area contributed by atoms with Gasteiger partial charge in [-0.25, -0.2) is 9.97 Å². The van der Waals surface area contributed by atoms with Crippen LogP contribution in [-0.2, 0) is 0 Å². The van der Waals surface area contributed by atoms with Crippen molar-refractivity contribution >= 4 is 29.2 Å². The topological polar surface area (TPSA) is 32.3 Å². The molecule has 0 aromatic carbocycles. The SMILES string of the molecule is CSc1nc(Cl)cc(N2CCN(C(C)(C)C)CC2)n1. The number of piperazine rings is 1. The Balaban J connectivity index is 2.07. The lowest BCUT2D eigenvalue weighted by molar-refractivity contribution is 0.128. The van der Waals surface area contributed by atoms with Gasteiger partial charge in [0.05, 0.1) is 0 Å². The van der Waals surface area contributed by atoms with Gasteiger partial charge in [-0.2, -0.15) is 0 Å². The first kappa shape index (κ1) is 14.9. The molecule has 1 aromatic rings. The van der Waals surface area contributed by atoms with E-state index in [9.17, 15) is 0 Å². The summed E-state index contributed by atoms with van der Waals surface area (Å²) < 4.78 is 0. The molecule has 1 aliphatic rings. The predicted molar refractivity (Wildman–Crippen MR) is 82.4 cm³/mol. The largest absolute Gasteiger partial charge is 0.354 e. The van der Waals surface area contributed by atoms with E-state index in [-0.39, 0.29) is 5.54 Å². The van der Waals surface area contributed by atoms with Crippen LogP contribution in [0.4, 0.5) is 5.82 Å². The molecule has 4 nitrogen and oxygen atoms in total. The van der Waals surface area contributed by atoms with Crippen molar-refractivity contribution in [1.82, 2.24) is 14.9 Å². The number of hydrogen-bond donors (Lipinski definition) is 0. The Morgan fingerprint density at radius 2 is 1.79 bits per heavy atom. The monoisotopic (exact) mass is 300 g/mol. The van der Waals surface area contributed by atoms with E-state index in [0.29, 0.717) is 5.15 Å². The normalized spacial score (nSPS) is 17.8. The maximum absolute atomic E-state index is 6.05. The molecule has 19 heavy (non-hydrogen) atoms. The summed E-state index contributed by atoms with van der Waals surface area (Å²) in [5.41, 5.74) is 0.236. The highest BCUT2D eigenvalue weighted by molar-refractivity contribution is 7.98. The standard InChI is InChI=1S/C13H21ClN4S/c1-13(2,3)18-7-5-17(6-8-18)11-9-10(14)15-12(16-11)19-4/h9H,5-8H2,1-4H3. The van der Waals surface area contributed by atoms with Gasteiger partial charge in [-0.05, 0) is 27.0 Å². The second-order valence-electron chi connectivity index (χ2n) is 5.68. The zero-order chi connectivity index (χ0) is 14.0. The third-order valence-electron chi connectivity index (χ3n) is 3.40. The lowest BCUT2D eigenvalue weighted by Gasteiger charge is -2.42. The Morgan fingerprint density at radius 3 is 2.32 bits per heavy atom. The number of halogens is 1. The molecule has 0 N–H and O–H groups in total. The van der Waals surface area contributed by atoms with E-state index in [2.05, 4.69) is 40.5 Å². The summed E-state index contributed by atoms with van der Waals surface area (Å²) in [5.74, 6) is 0.943. The molecule has 106 valence electrons. The maximum atomic E-state index is 6.05. The molecule has 1 aliphatic heterocycles. The highest BCUT2D eigenvalue weighted by Gasteiger charge is 2.26. The summed E-state index contributed by atoms with van der Waals surface area (Å²) in [7, 11) is 0. The van der Waals surface area contributed by atoms with Gasteiger partial charge in [0.25, 0.3) is 0 Å². The first-order valence-corrected chi connectivity index (χ1v) is 8.09. The van der Waals surface area contributed by atoms with Crippen LogP contribution in [0.2, 0.25) is 5.15 Å². The molecule has 0 bridgehead atoms. The van der Waals surface area contributed by atoms with Gasteiger partial charge in [-0.3, -0.25) is 4.90 Å². The van der Waals surface area contributed by atoms with Crippen molar-refractivity contribution in [2.45, 2.75) is 31.5 Å². The van der Waals surface area contributed by atoms with Gasteiger partial charge >= 0.3 is 0 Å². The molecule has 0 aliphatic carbocycles. The fraction of sp³-hybridized carbons (Fsp3) is 0.692. The molecule has 0 spiro atoms. The molecule has 1 aromatic heterocycles. The van der Waals surface area contributed by atoms with Crippen LogP contribution in [0.5, 0.6) is 0 Å². The average Bonchev–Trinajstić information content (AvgIpc) is 2.37. The third kappa shape index (κ3) is 3.74. The first-order valence-electron chi connectivity index (χ1n) is 6.49. The second kappa shape index (κ2) is 5.85. The van der Waals surface area contributed by atoms with Gasteiger partial charge in [-0.15, -0.1) is 0 Å². The summed E-state index contributed by atoms with van der Waals surface area (Å²) >= 11 is 7.57. The number of anilines is 1. The Bertz CT molecular complexity index is 439. The van der Waals surface area contributed by atoms with Crippen LogP contribution < -0.4 is 4.90 Å². The number of aromatic nitrogens is 2. The van der Waals surface area contributed by atoms with Crippen molar-refractivity contribution in [2.24, 2.45) is 0 Å². The lowest BCUT2D eigenvalue weighted by Crippen LogP contribution is -2.53. The minimum absolute atomic E-state index is 0.236. The molecule has 1 fully saturated rings. The Morgan fingerprint density at radius 1 is 1.16 bits per heavy atom. The highest BCUT2D eigenvalue weighted by Crippen LogP contribution is 2.23. The van der Waals surface area contributed by atoms with Crippen LogP contribution in [0.15, 0.2) is 11.2 Å². The lowest BCUT2D eigenvalue weighted by atomic mass is 10.1. The smallest absolute Gasteiger partial charge is 0.190 e. The molecule has 0 saturated carbocycles. The molecule has 2 rings (SSSR count). The highest BCUT2D eigenvalue weighted by atomic mass is 35.5. The molecule has 0 radical (unpaired) electrons. The summed E-state index contributed by atoms with van der Waals surface area (Å²) in [6, 6.07) is 1.86. The van der Waals surface area contributed by atoms with Gasteiger partial charge in [0, 0.05) is 37.8 Å². The minimum atomic E-state index is 0.236. The molecule has 0 amide bonds. The van der Waals surface area contributed by atoms with Gasteiger partial charge in [0.1, 0.15) is 11.0 Å². The fourth-order valence-electron chi connectivity index (χ4n) is 2.25. The van der Waals surface area contributed by atoms with Gasteiger partial charge < -0.3 is 4.90 Å². The Hall–Kier alpha value is -0.520. The van der Waals surface area contributed by atoms with Crippen LogP contribution >= 0.6 is 23.4 Å². The summed E-state index contributed by atoms with van der Waals surface area (Å²) in [4.78, 5) is 13.5. The zero-order valence-electron chi connectivity index (χ0n) is 12.0. The van der Waals surface area contributed by atoms with Crippen molar-refractivity contribution in [2.75, 3.05) is 37.3 Å². The number of rotatable bonds is 2. The van der Waals surface area contributed by atoms with E-state index in [1.54, 1.807) is 0 Å². The van der Waals surface area contributed by atoms with Gasteiger partial charge in [0.2, 0.25) is 0 Å². The first-order chi connectivity index (χ1) is 8.90. The van der Waals surface area contributed by atoms with E-state index in [4.69, 9.17) is 11.6 Å². The zero-order valence-corrected chi connectivity index (χ0v) is 13.6. The average molecular weight is 301 g/mol. The van der Waals surface area contributed by atoms with Crippen molar-refractivity contribution in [3.05, 3.63) is 11.2 Å². The van der Waals surface area contributed by atoms with E-state index < -0.39 is 0 Å². The molecule has 1 saturated heterocycles. The molecule has 2 heterocycles. The minimum Gasteiger partial charge on any atom is -0.354 e. The van der Waals surface area contributed by atoms with E-state index >= 15 is 0 Å². The molecule has 6 heteroatoms. The van der Waals surface area contributed by atoms with Gasteiger partial charge in [0.15, 0.2) is 5.16 Å². The van der Waals surface area contributed by atoms with E-state index in [1.807, 2.05) is 12.3 Å². The van der Waals surface area contributed by atoms with Crippen molar-refractivity contribution in [1.29, 1.82) is 0 Å². The van der Waals surface area contributed by atoms with Crippen molar-refractivity contribution in [3.8, 4) is 0 Å². The number of nitrogens with zero attached hydrogens (tertiary/aromatic N) is 4. The predicted octanol–water partition coefficient (Wildman–Crippen LogP) is 2.77. The third-order valence-corrected chi connectivity index (χ3v) is 4.14. The fourth-order valence-corrected chi connectivity index (χ4v) is 2.85. The summed E-state index contributed by atoms with van der Waals surface area (Å²) in [6.45, 7) is 10.9.